The Morgan fingerprint density at radius 2 is 1.53 bits per heavy atom. The number of halogens is 1. The Bertz CT molecular complexity index is 1530. The summed E-state index contributed by atoms with van der Waals surface area (Å²) in [5.74, 6) is -1.46. The molecule has 0 radical (unpaired) electrons. The van der Waals surface area contributed by atoms with Crippen LogP contribution in [0.2, 0.25) is 5.02 Å². The van der Waals surface area contributed by atoms with Crippen molar-refractivity contribution in [2.45, 2.75) is 30.2 Å². The summed E-state index contributed by atoms with van der Waals surface area (Å²) in [6, 6.07) is 19.4. The summed E-state index contributed by atoms with van der Waals surface area (Å²) in [5.41, 5.74) is -6.07. The Kier molecular flexibility index (Phi) is 3.74. The van der Waals surface area contributed by atoms with Gasteiger partial charge in [-0.05, 0) is 54.5 Å². The van der Waals surface area contributed by atoms with Crippen molar-refractivity contribution in [1.29, 1.82) is 0 Å². The molecule has 1 aliphatic heterocycles. The van der Waals surface area contributed by atoms with E-state index in [4.69, 9.17) is 30.8 Å². The molecule has 4 rings (SSSR count). The summed E-state index contributed by atoms with van der Waals surface area (Å²) in [6.07, 6.45) is -7.93. The average Bonchev–Trinajstić information content (AvgIpc) is 2.97. The van der Waals surface area contributed by atoms with Crippen LogP contribution >= 0.6 is 11.6 Å². The highest BCUT2D eigenvalue weighted by Crippen LogP contribution is 2.39. The van der Waals surface area contributed by atoms with Crippen molar-refractivity contribution >= 4 is 17.5 Å². The topological polar surface area (TPSA) is 43.8 Å². The highest BCUT2D eigenvalue weighted by Gasteiger charge is 2.43. The maximum Gasteiger partial charge on any atom is 0.237 e. The van der Waals surface area contributed by atoms with Gasteiger partial charge in [0.25, 0.3) is 0 Å². The van der Waals surface area contributed by atoms with E-state index in [1.807, 2.05) is 0 Å². The number of hydrogen-bond donors (Lipinski definition) is 1. The van der Waals surface area contributed by atoms with Crippen LogP contribution in [0.25, 0.3) is 0 Å². The molecule has 0 aromatic heterocycles. The number of carbonyl (C=O) groups is 1. The van der Waals surface area contributed by atoms with E-state index in [0.717, 1.165) is 12.1 Å². The van der Waals surface area contributed by atoms with Gasteiger partial charge in [0, 0.05) is 51.2 Å². The molecule has 0 spiro atoms. The largest absolute Gasteiger partial charge is 0.385 e. The first-order valence-corrected chi connectivity index (χ1v) is 10.9. The van der Waals surface area contributed by atoms with Gasteiger partial charge in [-0.25, -0.2) is 0 Å². The standard InChI is InChI=1S/C29H33ClN2O2/c1-31(2)27(33)29(24-9-5-3-6-10-24,25-11-7-4-8-12-25)19-22-32-20-17-28(34,18-21-32)23-13-15-26(30)16-14-23/h3-16,34H,17-22H2,1-2H3/i1D3,2D3,17D2,18D2,20D2,21D2. The molecule has 1 aliphatic rings. The first kappa shape index (κ1) is 12.3. The minimum atomic E-state index is -3.58. The molecule has 5 heteroatoms. The van der Waals surface area contributed by atoms with Crippen LogP contribution in [-0.4, -0.2) is 54.3 Å². The van der Waals surface area contributed by atoms with Gasteiger partial charge in [0.15, 0.2) is 0 Å². The Hall–Kier alpha value is -2.66. The van der Waals surface area contributed by atoms with Crippen molar-refractivity contribution in [2.24, 2.45) is 0 Å². The van der Waals surface area contributed by atoms with E-state index in [9.17, 15) is 9.90 Å². The highest BCUT2D eigenvalue weighted by molar-refractivity contribution is 6.30. The molecule has 3 aromatic rings. The van der Waals surface area contributed by atoms with Crippen molar-refractivity contribution in [3.63, 3.8) is 0 Å². The van der Waals surface area contributed by atoms with E-state index in [1.54, 1.807) is 12.1 Å². The molecule has 0 atom stereocenters. The van der Waals surface area contributed by atoms with Crippen molar-refractivity contribution in [1.82, 2.24) is 9.80 Å². The Balaban J connectivity index is 1.98. The van der Waals surface area contributed by atoms with Gasteiger partial charge in [0.2, 0.25) is 5.91 Å². The predicted molar refractivity (Wildman–Crippen MR) is 138 cm³/mol. The lowest BCUT2D eigenvalue weighted by molar-refractivity contribution is -0.133. The SMILES string of the molecule is [2H]C([2H])([2H])N(C(=O)C(CCN1C([2H])([2H])C([2H])([2H])C(O)(c2ccc(Cl)cc2)C([2H])([2H])C1([2H])[2H])(c1ccccc1)c1ccccc1)C([2H])([2H])[2H]. The normalized spacial score (nSPS) is 29.0. The number of benzene rings is 3. The molecule has 0 saturated carbocycles. The summed E-state index contributed by atoms with van der Waals surface area (Å²) >= 11 is 5.94. The zero-order valence-electron chi connectivity index (χ0n) is 32.1. The first-order valence-electron chi connectivity index (χ1n) is 17.5. The van der Waals surface area contributed by atoms with Crippen LogP contribution in [0.1, 0.15) is 55.0 Å². The highest BCUT2D eigenvalue weighted by atomic mass is 35.5. The molecular formula is C29H33ClN2O2. The first-order chi connectivity index (χ1) is 21.8. The molecule has 1 fully saturated rings. The van der Waals surface area contributed by atoms with Crippen molar-refractivity contribution in [3.8, 4) is 0 Å². The number of likely N-dealkylation sites (N-methyl/N-ethyl adjacent to an activating group) is 1. The zero-order chi connectivity index (χ0) is 36.4. The maximum atomic E-state index is 14.6. The second-order valence-electron chi connectivity index (χ2n) is 7.87. The number of amides is 1. The van der Waals surface area contributed by atoms with E-state index < -0.39 is 75.1 Å². The van der Waals surface area contributed by atoms with Crippen molar-refractivity contribution < 1.29 is 29.1 Å². The maximum absolute atomic E-state index is 14.6. The molecular weight excluding hydrogens is 444 g/mol. The van der Waals surface area contributed by atoms with Gasteiger partial charge in [-0.1, -0.05) is 84.4 Å². The van der Waals surface area contributed by atoms with E-state index >= 15 is 0 Å². The van der Waals surface area contributed by atoms with Crippen molar-refractivity contribution in [3.05, 3.63) is 107 Å². The van der Waals surface area contributed by atoms with Gasteiger partial charge in [0.05, 0.1) is 5.60 Å². The second-order valence-corrected chi connectivity index (χ2v) is 8.31. The lowest BCUT2D eigenvalue weighted by atomic mass is 9.70. The smallest absolute Gasteiger partial charge is 0.237 e. The summed E-state index contributed by atoms with van der Waals surface area (Å²) in [5, 5.41) is 12.0. The number of carbonyl (C=O) groups excluding carboxylic acids is 1. The van der Waals surface area contributed by atoms with Crippen LogP contribution in [0.3, 0.4) is 0 Å². The minimum absolute atomic E-state index is 0.0570. The number of rotatable bonds is 7. The van der Waals surface area contributed by atoms with Crippen LogP contribution in [-0.2, 0) is 15.8 Å². The number of aliphatic hydroxyl groups is 1. The summed E-state index contributed by atoms with van der Waals surface area (Å²) in [4.78, 5) is 14.6. The summed E-state index contributed by atoms with van der Waals surface area (Å²) in [6.45, 7) is -15.0. The van der Waals surface area contributed by atoms with Crippen LogP contribution < -0.4 is 0 Å². The molecule has 3 aromatic carbocycles. The molecule has 4 nitrogen and oxygen atoms in total. The Morgan fingerprint density at radius 3 is 2.03 bits per heavy atom. The molecule has 0 aliphatic carbocycles. The Morgan fingerprint density at radius 1 is 1.00 bits per heavy atom. The molecule has 1 heterocycles. The lowest BCUT2D eigenvalue weighted by Gasteiger charge is -2.41. The lowest BCUT2D eigenvalue weighted by Crippen LogP contribution is -2.48. The molecule has 1 amide bonds. The summed E-state index contributed by atoms with van der Waals surface area (Å²) in [7, 11) is 0. The molecule has 178 valence electrons. The van der Waals surface area contributed by atoms with E-state index in [0.29, 0.717) is 0 Å². The van der Waals surface area contributed by atoms with Crippen LogP contribution in [0.5, 0.6) is 0 Å². The van der Waals surface area contributed by atoms with Crippen LogP contribution in [0.15, 0.2) is 84.9 Å². The zero-order valence-corrected chi connectivity index (χ0v) is 18.9. The quantitative estimate of drug-likeness (QED) is 0.501. The molecule has 1 saturated heterocycles. The monoisotopic (exact) mass is 490 g/mol. The van der Waals surface area contributed by atoms with Gasteiger partial charge >= 0.3 is 0 Å². The van der Waals surface area contributed by atoms with E-state index in [-0.39, 0.29) is 25.9 Å². The van der Waals surface area contributed by atoms with E-state index in [1.165, 1.54) is 60.7 Å². The minimum Gasteiger partial charge on any atom is -0.385 e. The molecule has 0 unspecified atom stereocenters. The number of piperidine rings is 1. The summed E-state index contributed by atoms with van der Waals surface area (Å²) < 4.78 is 119. The fraction of sp³-hybridized carbons (Fsp3) is 0.345. The third-order valence-corrected chi connectivity index (χ3v) is 6.07. The van der Waals surface area contributed by atoms with Crippen molar-refractivity contribution in [2.75, 3.05) is 33.5 Å². The third kappa shape index (κ3) is 4.90. The van der Waals surface area contributed by atoms with Gasteiger partial charge in [0.1, 0.15) is 5.41 Å². The fourth-order valence-electron chi connectivity index (χ4n) is 4.03. The van der Waals surface area contributed by atoms with Gasteiger partial charge in [-0.3, -0.25) is 4.79 Å². The third-order valence-electron chi connectivity index (χ3n) is 5.82. The van der Waals surface area contributed by atoms with Gasteiger partial charge in [-0.2, -0.15) is 0 Å². The second kappa shape index (κ2) is 10.3. The van der Waals surface area contributed by atoms with Crippen LogP contribution in [0.4, 0.5) is 0 Å². The number of nitrogens with zero attached hydrogens (tertiary/aromatic N) is 2. The predicted octanol–water partition coefficient (Wildman–Crippen LogP) is 5.09. The molecule has 0 bridgehead atoms. The average molecular weight is 491 g/mol. The Labute approximate surface area is 227 Å². The van der Waals surface area contributed by atoms with E-state index in [2.05, 4.69) is 0 Å². The fourth-order valence-corrected chi connectivity index (χ4v) is 4.15. The van der Waals surface area contributed by atoms with Gasteiger partial charge in [-0.15, -0.1) is 0 Å². The number of hydrogen-bond acceptors (Lipinski definition) is 3. The molecule has 34 heavy (non-hydrogen) atoms. The molecule has 1 N–H and O–H groups in total. The number of likely N-dealkylation sites (tertiary alicyclic amines) is 1. The van der Waals surface area contributed by atoms with Gasteiger partial charge < -0.3 is 14.9 Å². The van der Waals surface area contributed by atoms with Crippen LogP contribution in [0, 0.1) is 0 Å².